The van der Waals surface area contributed by atoms with Gasteiger partial charge in [-0.05, 0) is 23.8 Å². The highest BCUT2D eigenvalue weighted by molar-refractivity contribution is 6.19. The van der Waals surface area contributed by atoms with Crippen LogP contribution in [-0.2, 0) is 4.79 Å². The summed E-state index contributed by atoms with van der Waals surface area (Å²) in [5, 5.41) is 8.89. The molecule has 0 spiro atoms. The number of hydrogen-bond donors (Lipinski definition) is 0. The van der Waals surface area contributed by atoms with Crippen LogP contribution in [0, 0.1) is 11.3 Å². The summed E-state index contributed by atoms with van der Waals surface area (Å²) in [4.78, 5) is 25.8. The number of fused-ring (bicyclic) bond motifs is 1. The Bertz CT molecular complexity index is 765. The lowest BCUT2D eigenvalue weighted by Gasteiger charge is -2.15. The molecule has 0 saturated carbocycles. The zero-order chi connectivity index (χ0) is 15.5. The minimum atomic E-state index is -0.760. The Labute approximate surface area is 127 Å². The molecule has 1 heterocycles. The first-order valence-corrected chi connectivity index (χ1v) is 6.79. The molecule has 2 aromatic rings. The molecule has 0 aromatic heterocycles. The summed E-state index contributed by atoms with van der Waals surface area (Å²) in [6, 6.07) is 17.5. The zero-order valence-corrected chi connectivity index (χ0v) is 11.6. The lowest BCUT2D eigenvalue weighted by Crippen LogP contribution is -2.37. The highest BCUT2D eigenvalue weighted by Crippen LogP contribution is 2.39. The van der Waals surface area contributed by atoms with Gasteiger partial charge in [-0.1, -0.05) is 36.4 Å². The Morgan fingerprint density at radius 2 is 1.82 bits per heavy atom. The number of benzene rings is 2. The summed E-state index contributed by atoms with van der Waals surface area (Å²) < 4.78 is 5.24. The molecule has 1 aliphatic rings. The Hall–Kier alpha value is -3.13. The average Bonchev–Trinajstić information content (AvgIpc) is 2.81. The lowest BCUT2D eigenvalue weighted by atomic mass is 9.98. The van der Waals surface area contributed by atoms with Crippen molar-refractivity contribution >= 4 is 17.7 Å². The minimum Gasteiger partial charge on any atom is -0.410 e. The van der Waals surface area contributed by atoms with Gasteiger partial charge in [0.15, 0.2) is 0 Å². The number of carbonyl (C=O) groups is 2. The van der Waals surface area contributed by atoms with Crippen LogP contribution >= 0.6 is 0 Å². The predicted octanol–water partition coefficient (Wildman–Crippen LogP) is 3.23. The standard InChI is InChI=1S/C17H12N2O3/c18-11-10-14-13-8-4-5-9-15(13)19(16(14)20)17(21)22-12-6-2-1-3-7-12/h1-9,14H,10H2/t14-/m1/s1. The number of para-hydroxylation sites is 2. The number of rotatable bonds is 2. The maximum atomic E-state index is 12.5. The van der Waals surface area contributed by atoms with E-state index in [1.165, 1.54) is 0 Å². The monoisotopic (exact) mass is 292 g/mol. The van der Waals surface area contributed by atoms with Crippen LogP contribution in [0.5, 0.6) is 5.75 Å². The van der Waals surface area contributed by atoms with Crippen molar-refractivity contribution in [3.05, 3.63) is 60.2 Å². The molecule has 2 aromatic carbocycles. The van der Waals surface area contributed by atoms with E-state index in [4.69, 9.17) is 10.00 Å². The second-order valence-electron chi connectivity index (χ2n) is 4.83. The molecule has 3 rings (SSSR count). The van der Waals surface area contributed by atoms with Gasteiger partial charge in [-0.15, -0.1) is 0 Å². The molecule has 0 unspecified atom stereocenters. The van der Waals surface area contributed by atoms with E-state index in [0.717, 1.165) is 4.90 Å². The number of nitriles is 1. The summed E-state index contributed by atoms with van der Waals surface area (Å²) in [7, 11) is 0. The highest BCUT2D eigenvalue weighted by Gasteiger charge is 2.41. The van der Waals surface area contributed by atoms with Crippen molar-refractivity contribution in [2.75, 3.05) is 4.90 Å². The molecule has 0 saturated heterocycles. The van der Waals surface area contributed by atoms with Gasteiger partial charge in [-0.25, -0.2) is 9.69 Å². The summed E-state index contributed by atoms with van der Waals surface area (Å²) in [6.07, 6.45) is -0.727. The largest absolute Gasteiger partial charge is 0.426 e. The molecule has 0 fully saturated rings. The number of ether oxygens (including phenoxy) is 1. The van der Waals surface area contributed by atoms with E-state index < -0.39 is 17.9 Å². The predicted molar refractivity (Wildman–Crippen MR) is 79.4 cm³/mol. The van der Waals surface area contributed by atoms with E-state index in [1.807, 2.05) is 6.07 Å². The second-order valence-corrected chi connectivity index (χ2v) is 4.83. The molecule has 5 nitrogen and oxygen atoms in total. The lowest BCUT2D eigenvalue weighted by molar-refractivity contribution is -0.118. The Morgan fingerprint density at radius 3 is 2.55 bits per heavy atom. The molecular formula is C17H12N2O3. The molecule has 2 amide bonds. The van der Waals surface area contributed by atoms with Gasteiger partial charge in [-0.2, -0.15) is 5.26 Å². The fourth-order valence-electron chi connectivity index (χ4n) is 2.51. The number of carbonyl (C=O) groups excluding carboxylic acids is 2. The molecule has 1 aliphatic heterocycles. The van der Waals surface area contributed by atoms with Gasteiger partial charge in [0.25, 0.3) is 0 Å². The Kier molecular flexibility index (Phi) is 3.58. The first-order valence-electron chi connectivity index (χ1n) is 6.79. The zero-order valence-electron chi connectivity index (χ0n) is 11.6. The van der Waals surface area contributed by atoms with E-state index in [9.17, 15) is 9.59 Å². The molecule has 0 radical (unpaired) electrons. The van der Waals surface area contributed by atoms with Crippen LogP contribution in [0.1, 0.15) is 17.9 Å². The van der Waals surface area contributed by atoms with Gasteiger partial charge in [-0.3, -0.25) is 4.79 Å². The van der Waals surface area contributed by atoms with Crippen molar-refractivity contribution in [3.8, 4) is 11.8 Å². The molecular weight excluding hydrogens is 280 g/mol. The number of imide groups is 1. The van der Waals surface area contributed by atoms with E-state index >= 15 is 0 Å². The fraction of sp³-hybridized carbons (Fsp3) is 0.118. The third kappa shape index (κ3) is 2.31. The van der Waals surface area contributed by atoms with E-state index in [0.29, 0.717) is 17.0 Å². The normalized spacial score (nSPS) is 16.0. The SMILES string of the molecule is N#CC[C@H]1C(=O)N(C(=O)Oc2ccccc2)c2ccccc21. The fourth-order valence-corrected chi connectivity index (χ4v) is 2.51. The average molecular weight is 292 g/mol. The summed E-state index contributed by atoms with van der Waals surface area (Å²) in [5.74, 6) is -0.685. The molecule has 0 bridgehead atoms. The Morgan fingerprint density at radius 1 is 1.14 bits per heavy atom. The number of nitrogens with zero attached hydrogens (tertiary/aromatic N) is 2. The smallest absolute Gasteiger partial charge is 0.410 e. The van der Waals surface area contributed by atoms with Gasteiger partial charge in [0.2, 0.25) is 5.91 Å². The van der Waals surface area contributed by atoms with E-state index in [1.54, 1.807) is 54.6 Å². The van der Waals surface area contributed by atoms with Crippen molar-refractivity contribution < 1.29 is 14.3 Å². The Balaban J connectivity index is 1.92. The van der Waals surface area contributed by atoms with Crippen molar-refractivity contribution in [3.63, 3.8) is 0 Å². The maximum absolute atomic E-state index is 12.5. The quantitative estimate of drug-likeness (QED) is 0.852. The van der Waals surface area contributed by atoms with Crippen molar-refractivity contribution in [2.24, 2.45) is 0 Å². The van der Waals surface area contributed by atoms with Gasteiger partial charge in [0, 0.05) is 0 Å². The van der Waals surface area contributed by atoms with Crippen LogP contribution in [0.15, 0.2) is 54.6 Å². The topological polar surface area (TPSA) is 70.4 Å². The maximum Gasteiger partial charge on any atom is 0.426 e. The molecule has 0 N–H and O–H groups in total. The number of anilines is 1. The van der Waals surface area contributed by atoms with E-state index in [2.05, 4.69) is 0 Å². The van der Waals surface area contributed by atoms with Crippen LogP contribution < -0.4 is 9.64 Å². The summed E-state index contributed by atoms with van der Waals surface area (Å²) in [6.45, 7) is 0. The van der Waals surface area contributed by atoms with Gasteiger partial charge in [0.1, 0.15) is 5.75 Å². The van der Waals surface area contributed by atoms with Gasteiger partial charge >= 0.3 is 6.09 Å². The summed E-state index contributed by atoms with van der Waals surface area (Å²) >= 11 is 0. The first kappa shape index (κ1) is 13.8. The molecule has 5 heteroatoms. The highest BCUT2D eigenvalue weighted by atomic mass is 16.6. The molecule has 0 aliphatic carbocycles. The van der Waals surface area contributed by atoms with Crippen LogP contribution in [-0.4, -0.2) is 12.0 Å². The van der Waals surface area contributed by atoms with E-state index in [-0.39, 0.29) is 6.42 Å². The number of hydrogen-bond acceptors (Lipinski definition) is 4. The minimum absolute atomic E-state index is 0.0327. The van der Waals surface area contributed by atoms with Crippen molar-refractivity contribution in [2.45, 2.75) is 12.3 Å². The third-order valence-electron chi connectivity index (χ3n) is 3.50. The van der Waals surface area contributed by atoms with Gasteiger partial charge < -0.3 is 4.74 Å². The van der Waals surface area contributed by atoms with Crippen LogP contribution in [0.2, 0.25) is 0 Å². The van der Waals surface area contributed by atoms with Crippen molar-refractivity contribution in [1.29, 1.82) is 5.26 Å². The third-order valence-corrected chi connectivity index (χ3v) is 3.50. The van der Waals surface area contributed by atoms with Crippen LogP contribution in [0.3, 0.4) is 0 Å². The molecule has 108 valence electrons. The second kappa shape index (κ2) is 5.70. The van der Waals surface area contributed by atoms with Crippen LogP contribution in [0.4, 0.5) is 10.5 Å². The number of amides is 2. The van der Waals surface area contributed by atoms with Crippen LogP contribution in [0.25, 0.3) is 0 Å². The van der Waals surface area contributed by atoms with Crippen molar-refractivity contribution in [1.82, 2.24) is 0 Å². The first-order chi connectivity index (χ1) is 10.7. The summed E-state index contributed by atoms with van der Waals surface area (Å²) in [5.41, 5.74) is 1.16. The molecule has 22 heavy (non-hydrogen) atoms. The molecule has 1 atom stereocenters. The van der Waals surface area contributed by atoms with Gasteiger partial charge in [0.05, 0.1) is 24.1 Å².